The Kier molecular flexibility index (Phi) is 7.44. The fourth-order valence-corrected chi connectivity index (χ4v) is 6.50. The molecule has 0 spiro atoms. The molecule has 1 unspecified atom stereocenters. The van der Waals surface area contributed by atoms with E-state index in [1.807, 2.05) is 0 Å². The molecule has 22 heteroatoms. The first-order valence-corrected chi connectivity index (χ1v) is 15.2. The second kappa shape index (κ2) is 10.7. The molecule has 0 bridgehead atoms. The molecule has 4 aromatic rings. The quantitative estimate of drug-likeness (QED) is 0.102. The lowest BCUT2D eigenvalue weighted by Gasteiger charge is -2.30. The van der Waals surface area contributed by atoms with Gasteiger partial charge in [0.25, 0.3) is 5.56 Å². The van der Waals surface area contributed by atoms with E-state index in [9.17, 15) is 25.0 Å². The van der Waals surface area contributed by atoms with Crippen molar-refractivity contribution in [1.29, 1.82) is 0 Å². The summed E-state index contributed by atoms with van der Waals surface area (Å²) >= 11 is 5.14. The average molecular weight is 645 g/mol. The molecule has 232 valence electrons. The van der Waals surface area contributed by atoms with Gasteiger partial charge in [-0.25, -0.2) is 24.3 Å². The van der Waals surface area contributed by atoms with Crippen molar-refractivity contribution in [2.24, 2.45) is 0 Å². The number of aliphatic hydroxyl groups excluding tert-OH is 3. The monoisotopic (exact) mass is 644 g/mol. The molecule has 0 aliphatic carbocycles. The summed E-state index contributed by atoms with van der Waals surface area (Å²) in [6, 6.07) is 0. The van der Waals surface area contributed by atoms with E-state index in [2.05, 4.69) is 29.9 Å². The molecular formula is C21H26FN10O9PS. The van der Waals surface area contributed by atoms with Gasteiger partial charge in [0.05, 0.1) is 25.9 Å². The van der Waals surface area contributed by atoms with Crippen LogP contribution in [0.5, 0.6) is 0 Å². The maximum atomic E-state index is 15.4. The van der Waals surface area contributed by atoms with Gasteiger partial charge < -0.3 is 45.7 Å². The molecule has 0 saturated carbocycles. The molecule has 0 aromatic carbocycles. The number of H-pyrrole nitrogens is 1. The number of hydrogen-bond donors (Lipinski definition) is 7. The Hall–Kier alpha value is -3.24. The second-order valence-corrected chi connectivity index (χ2v) is 12.9. The van der Waals surface area contributed by atoms with Crippen molar-refractivity contribution >= 4 is 52.6 Å². The lowest BCUT2D eigenvalue weighted by atomic mass is 9.99. The van der Waals surface area contributed by atoms with Crippen LogP contribution >= 0.6 is 6.72 Å². The zero-order valence-electron chi connectivity index (χ0n) is 22.0. The molecule has 2 saturated heterocycles. The minimum atomic E-state index is -4.35. The highest BCUT2D eigenvalue weighted by Crippen LogP contribution is 2.52. The first-order valence-electron chi connectivity index (χ1n) is 12.6. The summed E-state index contributed by atoms with van der Waals surface area (Å²) < 4.78 is 40.5. The first-order chi connectivity index (χ1) is 20.3. The van der Waals surface area contributed by atoms with Crippen molar-refractivity contribution in [2.75, 3.05) is 24.7 Å². The minimum Gasteiger partial charge on any atom is -0.394 e. The summed E-state index contributed by atoms with van der Waals surface area (Å²) in [5, 5.41) is 31.3. The second-order valence-electron chi connectivity index (χ2n) is 10.1. The number of ether oxygens (including phenoxy) is 2. The van der Waals surface area contributed by atoms with E-state index in [4.69, 9.17) is 41.8 Å². The van der Waals surface area contributed by atoms with E-state index in [0.717, 1.165) is 10.9 Å². The Morgan fingerprint density at radius 2 is 1.86 bits per heavy atom. The van der Waals surface area contributed by atoms with Gasteiger partial charge >= 0.3 is 6.72 Å². The van der Waals surface area contributed by atoms with Gasteiger partial charge in [0.2, 0.25) is 5.95 Å². The van der Waals surface area contributed by atoms with Crippen LogP contribution in [-0.2, 0) is 30.3 Å². The lowest BCUT2D eigenvalue weighted by molar-refractivity contribution is -0.114. The van der Waals surface area contributed by atoms with Crippen LogP contribution in [0.4, 0.5) is 16.2 Å². The highest BCUT2D eigenvalue weighted by molar-refractivity contribution is 8.07. The third-order valence-corrected chi connectivity index (χ3v) is 8.77. The maximum Gasteiger partial charge on any atom is 0.325 e. The van der Waals surface area contributed by atoms with E-state index < -0.39 is 74.1 Å². The highest BCUT2D eigenvalue weighted by Gasteiger charge is 2.54. The number of fused-ring (bicyclic) bond motifs is 2. The number of imidazole rings is 2. The summed E-state index contributed by atoms with van der Waals surface area (Å²) in [6.45, 7) is -4.32. The number of alkyl halides is 1. The van der Waals surface area contributed by atoms with Crippen LogP contribution in [0, 0.1) is 0 Å². The van der Waals surface area contributed by atoms with Crippen LogP contribution in [0.15, 0.2) is 23.8 Å². The topological polar surface area (TPSA) is 277 Å². The number of rotatable bonds is 8. The summed E-state index contributed by atoms with van der Waals surface area (Å²) in [5.41, 5.74) is 9.42. The van der Waals surface area contributed by atoms with E-state index in [1.165, 1.54) is 24.1 Å². The number of nitrogens with one attached hydrogen (secondary N) is 1. The number of aromatic nitrogens is 8. The summed E-state index contributed by atoms with van der Waals surface area (Å²) in [6.07, 6.45) is -7.16. The van der Waals surface area contributed by atoms with Crippen LogP contribution in [0.25, 0.3) is 22.3 Å². The molecule has 43 heavy (non-hydrogen) atoms. The van der Waals surface area contributed by atoms with Crippen molar-refractivity contribution in [3.05, 3.63) is 29.3 Å². The number of aromatic amines is 1. The Bertz CT molecular complexity index is 1790. The maximum absolute atomic E-state index is 15.4. The number of nitrogens with zero attached hydrogens (tertiary/aromatic N) is 7. The number of halogens is 1. The molecular weight excluding hydrogens is 618 g/mol. The van der Waals surface area contributed by atoms with E-state index in [1.54, 1.807) is 0 Å². The van der Waals surface area contributed by atoms with Gasteiger partial charge in [0.1, 0.15) is 41.9 Å². The predicted octanol–water partition coefficient (Wildman–Crippen LogP) is -2.02. The van der Waals surface area contributed by atoms with Crippen molar-refractivity contribution in [3.63, 3.8) is 0 Å². The van der Waals surface area contributed by atoms with Crippen LogP contribution in [0.2, 0.25) is 0 Å². The Morgan fingerprint density at radius 3 is 2.58 bits per heavy atom. The number of nitrogens with two attached hydrogens (primary N) is 2. The zero-order chi connectivity index (χ0) is 30.8. The predicted molar refractivity (Wildman–Crippen MR) is 146 cm³/mol. The molecule has 2 aliphatic heterocycles. The highest BCUT2D eigenvalue weighted by atomic mass is 32.5. The molecule has 2 aliphatic rings. The fourth-order valence-electron chi connectivity index (χ4n) is 5.03. The van der Waals surface area contributed by atoms with Gasteiger partial charge in [-0.15, -0.1) is 0 Å². The molecule has 9 atom stereocenters. The summed E-state index contributed by atoms with van der Waals surface area (Å²) in [7, 11) is 0. The van der Waals surface area contributed by atoms with E-state index in [-0.39, 0.29) is 34.1 Å². The largest absolute Gasteiger partial charge is 0.394 e. The van der Waals surface area contributed by atoms with E-state index in [0.29, 0.717) is 0 Å². The number of hydrogen-bond acceptors (Lipinski definition) is 16. The molecule has 6 rings (SSSR count). The van der Waals surface area contributed by atoms with E-state index >= 15 is 4.39 Å². The fraction of sp³-hybridized carbons (Fsp3) is 0.524. The molecule has 0 radical (unpaired) electrons. The van der Waals surface area contributed by atoms with Crippen molar-refractivity contribution in [3.8, 4) is 0 Å². The molecule has 4 aromatic heterocycles. The molecule has 0 amide bonds. The van der Waals surface area contributed by atoms with Crippen LogP contribution in [-0.4, -0.2) is 109 Å². The van der Waals surface area contributed by atoms with Crippen molar-refractivity contribution in [1.82, 2.24) is 39.0 Å². The summed E-state index contributed by atoms with van der Waals surface area (Å²) in [4.78, 5) is 45.5. The van der Waals surface area contributed by atoms with Gasteiger partial charge in [-0.2, -0.15) is 4.98 Å². The number of aliphatic hydroxyl groups is 3. The minimum absolute atomic E-state index is 0.0770. The summed E-state index contributed by atoms with van der Waals surface area (Å²) in [5.74, 6) is -0.149. The SMILES string of the molecule is C[C@]1(COP(O)(=S)O[C@@H]2[C@@H](F)[C@@H](CO)O[C@H]2n2cnc3c(=O)[nH]c(N)nc32)O[C@@H](n2cnc3c(N)ncnc32)[C@H](O)[C@@H]1O. The normalized spacial score (nSPS) is 32.6. The Balaban J connectivity index is 1.21. The molecule has 9 N–H and O–H groups in total. The third-order valence-electron chi connectivity index (χ3n) is 7.23. The smallest absolute Gasteiger partial charge is 0.325 e. The zero-order valence-corrected chi connectivity index (χ0v) is 23.7. The molecule has 19 nitrogen and oxygen atoms in total. The van der Waals surface area contributed by atoms with Crippen LogP contribution in [0.3, 0.4) is 0 Å². The number of nitrogen functional groups attached to an aromatic ring is 2. The van der Waals surface area contributed by atoms with Crippen LogP contribution < -0.4 is 17.0 Å². The van der Waals surface area contributed by atoms with Gasteiger partial charge in [-0.1, -0.05) is 0 Å². The van der Waals surface area contributed by atoms with Gasteiger partial charge in [0.15, 0.2) is 41.3 Å². The average Bonchev–Trinajstić information content (AvgIpc) is 3.70. The van der Waals surface area contributed by atoms with Gasteiger partial charge in [-0.05, 0) is 18.7 Å². The van der Waals surface area contributed by atoms with Crippen molar-refractivity contribution < 1.29 is 43.1 Å². The Labute approximate surface area is 244 Å². The lowest BCUT2D eigenvalue weighted by Crippen LogP contribution is -2.44. The Morgan fingerprint density at radius 1 is 1.16 bits per heavy atom. The standard InChI is InChI=1S/C21H26FN10O9PS/c1-21(13(35)11(34)18(40-21)31-5-27-9-14(23)25-4-26-15(9)31)3-38-42(37,43)41-12-8(22)7(2-33)39-19(12)32-6-28-10-16(32)29-20(24)30-17(10)36/h4-8,11-13,18-19,33-35H,2-3H2,1H3,(H,37,43)(H2,23,25,26)(H3,24,29,30,36)/t7-,8+,11-,12-,13+,18-,19-,21-,42?/m1/s1. The van der Waals surface area contributed by atoms with Crippen LogP contribution in [0.1, 0.15) is 19.4 Å². The number of anilines is 2. The third kappa shape index (κ3) is 5.06. The van der Waals surface area contributed by atoms with Gasteiger partial charge in [-0.3, -0.25) is 23.4 Å². The molecule has 2 fully saturated rings. The molecule has 6 heterocycles. The first kappa shape index (κ1) is 29.8. The van der Waals surface area contributed by atoms with Crippen molar-refractivity contribution in [2.45, 2.75) is 55.6 Å². The van der Waals surface area contributed by atoms with Gasteiger partial charge in [0, 0.05) is 0 Å².